The first-order valence-corrected chi connectivity index (χ1v) is 10.8. The van der Waals surface area contributed by atoms with E-state index < -0.39 is 10.0 Å². The van der Waals surface area contributed by atoms with E-state index in [-0.39, 0.29) is 23.4 Å². The third-order valence-electron chi connectivity index (χ3n) is 4.71. The summed E-state index contributed by atoms with van der Waals surface area (Å²) < 4.78 is 31.8. The first kappa shape index (κ1) is 21.9. The zero-order valence-electron chi connectivity index (χ0n) is 16.8. The molecule has 0 aliphatic carbocycles. The normalized spacial score (nSPS) is 11.6. The summed E-state index contributed by atoms with van der Waals surface area (Å²) in [6.07, 6.45) is 1.77. The van der Waals surface area contributed by atoms with Gasteiger partial charge >= 0.3 is 0 Å². The molecule has 0 aliphatic rings. The van der Waals surface area contributed by atoms with Crippen LogP contribution in [0.15, 0.2) is 53.4 Å². The Bertz CT molecular complexity index is 874. The summed E-state index contributed by atoms with van der Waals surface area (Å²) in [4.78, 5) is 12.5. The van der Waals surface area contributed by atoms with E-state index in [9.17, 15) is 13.2 Å². The molecule has 2 aromatic carbocycles. The Morgan fingerprint density at radius 2 is 1.61 bits per heavy atom. The van der Waals surface area contributed by atoms with Gasteiger partial charge in [-0.25, -0.2) is 8.42 Å². The van der Waals surface area contributed by atoms with Crippen molar-refractivity contribution in [3.05, 3.63) is 59.7 Å². The van der Waals surface area contributed by atoms with Gasteiger partial charge in [0.25, 0.3) is 5.91 Å². The molecule has 0 aromatic heterocycles. The van der Waals surface area contributed by atoms with Crippen LogP contribution in [0, 0.1) is 0 Å². The van der Waals surface area contributed by atoms with Crippen LogP contribution in [0.5, 0.6) is 5.75 Å². The first-order valence-electron chi connectivity index (χ1n) is 9.32. The highest BCUT2D eigenvalue weighted by atomic mass is 32.2. The molecule has 2 aromatic rings. The Hall–Kier alpha value is -2.38. The smallest absolute Gasteiger partial charge is 0.251 e. The third kappa shape index (κ3) is 5.33. The lowest BCUT2D eigenvalue weighted by Crippen LogP contribution is -2.33. The van der Waals surface area contributed by atoms with Crippen LogP contribution in [0.2, 0.25) is 0 Å². The number of hydrogen-bond acceptors (Lipinski definition) is 4. The molecule has 2 rings (SSSR count). The maximum atomic E-state index is 12.7. The van der Waals surface area contributed by atoms with Gasteiger partial charge in [-0.05, 0) is 54.8 Å². The molecule has 0 fully saturated rings. The molecule has 1 N–H and O–H groups in total. The van der Waals surface area contributed by atoms with E-state index in [0.29, 0.717) is 11.3 Å². The molecule has 0 radical (unpaired) electrons. The van der Waals surface area contributed by atoms with Crippen molar-refractivity contribution in [2.45, 2.75) is 44.2 Å². The molecular weight excluding hydrogens is 376 g/mol. The van der Waals surface area contributed by atoms with Gasteiger partial charge in [-0.3, -0.25) is 4.79 Å². The molecule has 28 heavy (non-hydrogen) atoms. The molecule has 152 valence electrons. The van der Waals surface area contributed by atoms with E-state index in [4.69, 9.17) is 4.74 Å². The topological polar surface area (TPSA) is 75.7 Å². The van der Waals surface area contributed by atoms with Crippen molar-refractivity contribution in [3.8, 4) is 5.75 Å². The summed E-state index contributed by atoms with van der Waals surface area (Å²) in [5.41, 5.74) is 1.37. The quantitative estimate of drug-likeness (QED) is 0.695. The van der Waals surface area contributed by atoms with E-state index in [1.54, 1.807) is 36.4 Å². The van der Waals surface area contributed by atoms with Crippen LogP contribution < -0.4 is 10.1 Å². The molecule has 7 heteroatoms. The number of nitrogens with one attached hydrogen (secondary N) is 1. The van der Waals surface area contributed by atoms with Gasteiger partial charge in [0.15, 0.2) is 0 Å². The minimum Gasteiger partial charge on any atom is -0.497 e. The van der Waals surface area contributed by atoms with Crippen LogP contribution in [0.4, 0.5) is 0 Å². The lowest BCUT2D eigenvalue weighted by molar-refractivity contribution is 0.0935. The molecule has 1 amide bonds. The Morgan fingerprint density at radius 1 is 1.04 bits per heavy atom. The molecule has 0 saturated carbocycles. The molecule has 6 nitrogen and oxygen atoms in total. The lowest BCUT2D eigenvalue weighted by atomic mass is 10.1. The number of carbonyl (C=O) groups excluding carboxylic acids is 1. The number of benzene rings is 2. The van der Waals surface area contributed by atoms with Crippen LogP contribution in [-0.2, 0) is 16.6 Å². The molecule has 0 heterocycles. The van der Waals surface area contributed by atoms with E-state index in [1.807, 2.05) is 13.8 Å². The molecular formula is C21H28N2O4S. The van der Waals surface area contributed by atoms with Crippen molar-refractivity contribution in [2.75, 3.05) is 14.2 Å². The summed E-state index contributed by atoms with van der Waals surface area (Å²) >= 11 is 0. The Balaban J connectivity index is 2.07. The fourth-order valence-corrected chi connectivity index (χ4v) is 3.95. The molecule has 0 spiro atoms. The van der Waals surface area contributed by atoms with Crippen LogP contribution >= 0.6 is 0 Å². The number of methoxy groups -OCH3 is 1. The van der Waals surface area contributed by atoms with Gasteiger partial charge in [0.2, 0.25) is 10.0 Å². The third-order valence-corrected chi connectivity index (χ3v) is 6.53. The van der Waals surface area contributed by atoms with Crippen LogP contribution in [0.3, 0.4) is 0 Å². The highest BCUT2D eigenvalue weighted by molar-refractivity contribution is 7.89. The van der Waals surface area contributed by atoms with Gasteiger partial charge in [0.05, 0.1) is 12.0 Å². The minimum atomic E-state index is -3.61. The molecule has 0 unspecified atom stereocenters. The van der Waals surface area contributed by atoms with E-state index in [1.165, 1.54) is 30.6 Å². The van der Waals surface area contributed by atoms with Gasteiger partial charge in [-0.1, -0.05) is 26.0 Å². The predicted molar refractivity (Wildman–Crippen MR) is 110 cm³/mol. The van der Waals surface area contributed by atoms with E-state index in [0.717, 1.165) is 18.4 Å². The number of nitrogens with zero attached hydrogens (tertiary/aromatic N) is 1. The molecule has 0 saturated heterocycles. The number of carbonyl (C=O) groups is 1. The summed E-state index contributed by atoms with van der Waals surface area (Å²) in [5.74, 6) is 0.489. The Kier molecular flexibility index (Phi) is 7.60. The van der Waals surface area contributed by atoms with Crippen molar-refractivity contribution < 1.29 is 17.9 Å². The Labute approximate surface area is 167 Å². The van der Waals surface area contributed by atoms with E-state index in [2.05, 4.69) is 5.32 Å². The van der Waals surface area contributed by atoms with Gasteiger partial charge in [-0.2, -0.15) is 4.31 Å². The number of ether oxygens (including phenoxy) is 1. The van der Waals surface area contributed by atoms with Crippen molar-refractivity contribution in [1.82, 2.24) is 9.62 Å². The average molecular weight is 405 g/mol. The van der Waals surface area contributed by atoms with Crippen molar-refractivity contribution in [1.29, 1.82) is 0 Å². The highest BCUT2D eigenvalue weighted by Gasteiger charge is 2.21. The molecule has 0 atom stereocenters. The van der Waals surface area contributed by atoms with Gasteiger partial charge in [0, 0.05) is 25.2 Å². The minimum absolute atomic E-state index is 0.112. The zero-order chi connectivity index (χ0) is 20.7. The fourth-order valence-electron chi connectivity index (χ4n) is 2.79. The van der Waals surface area contributed by atoms with Crippen LogP contribution in [0.1, 0.15) is 42.6 Å². The lowest BCUT2D eigenvalue weighted by Gasteiger charge is -2.18. The average Bonchev–Trinajstić information content (AvgIpc) is 2.72. The highest BCUT2D eigenvalue weighted by Crippen LogP contribution is 2.20. The first-order chi connectivity index (χ1) is 13.3. The monoisotopic (exact) mass is 404 g/mol. The van der Waals surface area contributed by atoms with Crippen LogP contribution in [-0.4, -0.2) is 38.8 Å². The second-order valence-corrected chi connectivity index (χ2v) is 8.67. The van der Waals surface area contributed by atoms with Gasteiger partial charge in [0.1, 0.15) is 5.75 Å². The van der Waals surface area contributed by atoms with Gasteiger partial charge < -0.3 is 10.1 Å². The summed E-state index contributed by atoms with van der Waals surface area (Å²) in [6.45, 7) is 4.29. The summed E-state index contributed by atoms with van der Waals surface area (Å²) in [5, 5.41) is 2.99. The van der Waals surface area contributed by atoms with Crippen molar-refractivity contribution in [2.24, 2.45) is 0 Å². The maximum Gasteiger partial charge on any atom is 0.251 e. The largest absolute Gasteiger partial charge is 0.497 e. The number of sulfonamides is 1. The summed E-state index contributed by atoms with van der Waals surface area (Å²) in [7, 11) is -0.546. The standard InChI is InChI=1S/C21H28N2O4S/c1-5-18(6-2)22-21(24)17-9-7-16(8-10-17)15-23(3)28(25,26)20-13-11-19(27-4)12-14-20/h7-14,18H,5-6,15H2,1-4H3,(H,22,24). The number of hydrogen-bond donors (Lipinski definition) is 1. The van der Waals surface area contributed by atoms with Gasteiger partial charge in [-0.15, -0.1) is 0 Å². The number of amides is 1. The Morgan fingerprint density at radius 3 is 2.11 bits per heavy atom. The molecule has 0 aliphatic heterocycles. The predicted octanol–water partition coefficient (Wildman–Crippen LogP) is 3.43. The van der Waals surface area contributed by atoms with Crippen molar-refractivity contribution in [3.63, 3.8) is 0 Å². The number of rotatable bonds is 9. The van der Waals surface area contributed by atoms with Crippen molar-refractivity contribution >= 4 is 15.9 Å². The maximum absolute atomic E-state index is 12.7. The summed E-state index contributed by atoms with van der Waals surface area (Å²) in [6, 6.07) is 13.5. The SMILES string of the molecule is CCC(CC)NC(=O)c1ccc(CN(C)S(=O)(=O)c2ccc(OC)cc2)cc1. The van der Waals surface area contributed by atoms with Crippen LogP contribution in [0.25, 0.3) is 0 Å². The van der Waals surface area contributed by atoms with E-state index >= 15 is 0 Å². The zero-order valence-corrected chi connectivity index (χ0v) is 17.6. The second-order valence-electron chi connectivity index (χ2n) is 6.62. The fraction of sp³-hybridized carbons (Fsp3) is 0.381. The second kappa shape index (κ2) is 9.71. The molecule has 0 bridgehead atoms.